The van der Waals surface area contributed by atoms with E-state index < -0.39 is 0 Å². The maximum Gasteiger partial charge on any atom is 0.253 e. The Bertz CT molecular complexity index is 847. The van der Waals surface area contributed by atoms with Crippen LogP contribution in [0.3, 0.4) is 0 Å². The topological polar surface area (TPSA) is 60.0 Å². The van der Waals surface area contributed by atoms with Crippen molar-refractivity contribution in [2.75, 3.05) is 39.6 Å². The van der Waals surface area contributed by atoms with E-state index in [4.69, 9.17) is 0 Å². The third-order valence-electron chi connectivity index (χ3n) is 4.32. The van der Waals surface area contributed by atoms with Gasteiger partial charge in [0, 0.05) is 46.8 Å². The molecule has 2 aromatic carbocycles. The molecular weight excluding hydrogens is 369 g/mol. The highest BCUT2D eigenvalue weighted by molar-refractivity contribution is 5.93. The van der Waals surface area contributed by atoms with Crippen LogP contribution in [0.1, 0.15) is 28.4 Å². The van der Waals surface area contributed by atoms with E-state index >= 15 is 0 Å². The zero-order valence-electron chi connectivity index (χ0n) is 17.8. The Morgan fingerprint density at radius 1 is 1.00 bits per heavy atom. The van der Waals surface area contributed by atoms with Crippen LogP contribution < -0.4 is 15.5 Å². The molecule has 0 aromatic heterocycles. The summed E-state index contributed by atoms with van der Waals surface area (Å²) in [7, 11) is 7.09. The third kappa shape index (κ3) is 6.48. The molecule has 2 rings (SSSR count). The first-order chi connectivity index (χ1) is 13.8. The summed E-state index contributed by atoms with van der Waals surface area (Å²) in [4.78, 5) is 19.8. The van der Waals surface area contributed by atoms with Crippen molar-refractivity contribution in [2.24, 2.45) is 4.99 Å². The smallest absolute Gasteiger partial charge is 0.253 e. The number of nitrogens with one attached hydrogen (secondary N) is 2. The maximum atomic E-state index is 14.1. The van der Waals surface area contributed by atoms with Gasteiger partial charge >= 0.3 is 0 Å². The predicted molar refractivity (Wildman–Crippen MR) is 117 cm³/mol. The van der Waals surface area contributed by atoms with Gasteiger partial charge in [-0.3, -0.25) is 4.79 Å². The van der Waals surface area contributed by atoms with Crippen molar-refractivity contribution >= 4 is 17.6 Å². The molecule has 0 bridgehead atoms. The zero-order chi connectivity index (χ0) is 21.4. The SMILES string of the molecule is CCNC(=NCc1ccc(N(C)C)c(F)c1)NCc1ccc(C(=O)N(C)C)cc1. The number of halogens is 1. The Morgan fingerprint density at radius 2 is 1.66 bits per heavy atom. The molecule has 1 amide bonds. The van der Waals surface area contributed by atoms with Gasteiger partial charge in [-0.2, -0.15) is 0 Å². The first-order valence-electron chi connectivity index (χ1n) is 9.60. The number of carbonyl (C=O) groups excluding carboxylic acids is 1. The van der Waals surface area contributed by atoms with Crippen LogP contribution in [0, 0.1) is 5.82 Å². The van der Waals surface area contributed by atoms with Crippen LogP contribution in [-0.2, 0) is 13.1 Å². The van der Waals surface area contributed by atoms with Crippen LogP contribution in [-0.4, -0.2) is 51.5 Å². The third-order valence-corrected chi connectivity index (χ3v) is 4.32. The fourth-order valence-electron chi connectivity index (χ4n) is 2.73. The van der Waals surface area contributed by atoms with E-state index in [0.717, 1.165) is 17.7 Å². The number of nitrogens with zero attached hydrogens (tertiary/aromatic N) is 3. The van der Waals surface area contributed by atoms with E-state index in [-0.39, 0.29) is 11.7 Å². The van der Waals surface area contributed by atoms with Gasteiger partial charge in [-0.05, 0) is 42.3 Å². The second-order valence-corrected chi connectivity index (χ2v) is 7.13. The molecule has 0 radical (unpaired) electrons. The Labute approximate surface area is 172 Å². The van der Waals surface area contributed by atoms with Crippen molar-refractivity contribution in [3.05, 3.63) is 65.0 Å². The molecule has 0 aliphatic heterocycles. The Hall–Kier alpha value is -3.09. The number of carbonyl (C=O) groups is 1. The van der Waals surface area contributed by atoms with Gasteiger partial charge in [0.2, 0.25) is 0 Å². The number of guanidine groups is 1. The lowest BCUT2D eigenvalue weighted by molar-refractivity contribution is 0.0827. The Balaban J connectivity index is 2.00. The summed E-state index contributed by atoms with van der Waals surface area (Å²) >= 11 is 0. The minimum atomic E-state index is -0.256. The van der Waals surface area contributed by atoms with Crippen LogP contribution >= 0.6 is 0 Å². The number of aliphatic imine (C=N–C) groups is 1. The van der Waals surface area contributed by atoms with Crippen molar-refractivity contribution in [3.8, 4) is 0 Å². The van der Waals surface area contributed by atoms with Crippen LogP contribution in [0.5, 0.6) is 0 Å². The lowest BCUT2D eigenvalue weighted by Gasteiger charge is -2.14. The highest BCUT2D eigenvalue weighted by atomic mass is 19.1. The normalized spacial score (nSPS) is 11.2. The summed E-state index contributed by atoms with van der Waals surface area (Å²) in [6, 6.07) is 12.6. The minimum Gasteiger partial charge on any atom is -0.375 e. The van der Waals surface area contributed by atoms with Gasteiger partial charge < -0.3 is 20.4 Å². The molecule has 29 heavy (non-hydrogen) atoms. The molecule has 2 N–H and O–H groups in total. The average Bonchev–Trinajstić information content (AvgIpc) is 2.69. The van der Waals surface area contributed by atoms with E-state index in [2.05, 4.69) is 15.6 Å². The number of hydrogen-bond acceptors (Lipinski definition) is 3. The summed E-state index contributed by atoms with van der Waals surface area (Å²) in [5.74, 6) is 0.373. The second kappa shape index (κ2) is 10.5. The minimum absolute atomic E-state index is 0.0214. The number of rotatable bonds is 7. The van der Waals surface area contributed by atoms with Crippen LogP contribution in [0.15, 0.2) is 47.5 Å². The monoisotopic (exact) mass is 399 g/mol. The zero-order valence-corrected chi connectivity index (χ0v) is 17.8. The van der Waals surface area contributed by atoms with Gasteiger partial charge in [-0.15, -0.1) is 0 Å². The van der Waals surface area contributed by atoms with Crippen molar-refractivity contribution in [1.29, 1.82) is 0 Å². The van der Waals surface area contributed by atoms with Crippen molar-refractivity contribution in [1.82, 2.24) is 15.5 Å². The molecule has 156 valence electrons. The molecule has 0 saturated carbocycles. The largest absolute Gasteiger partial charge is 0.375 e. The highest BCUT2D eigenvalue weighted by Crippen LogP contribution is 2.18. The van der Waals surface area contributed by atoms with Gasteiger partial charge in [0.25, 0.3) is 5.91 Å². The van der Waals surface area contributed by atoms with E-state index in [1.165, 1.54) is 6.07 Å². The van der Waals surface area contributed by atoms with Crippen molar-refractivity contribution in [3.63, 3.8) is 0 Å². The van der Waals surface area contributed by atoms with Crippen LogP contribution in [0.4, 0.5) is 10.1 Å². The predicted octanol–water partition coefficient (Wildman–Crippen LogP) is 2.85. The molecule has 0 atom stereocenters. The van der Waals surface area contributed by atoms with Crippen molar-refractivity contribution in [2.45, 2.75) is 20.0 Å². The molecule has 0 saturated heterocycles. The summed E-state index contributed by atoms with van der Waals surface area (Å²) in [5, 5.41) is 6.45. The lowest BCUT2D eigenvalue weighted by atomic mass is 10.1. The summed E-state index contributed by atoms with van der Waals surface area (Å²) in [5.41, 5.74) is 3.05. The summed E-state index contributed by atoms with van der Waals surface area (Å²) < 4.78 is 14.1. The molecular formula is C22H30FN5O. The van der Waals surface area contributed by atoms with Gasteiger partial charge in [0.05, 0.1) is 12.2 Å². The van der Waals surface area contributed by atoms with Gasteiger partial charge in [0.15, 0.2) is 5.96 Å². The van der Waals surface area contributed by atoms with E-state index in [1.807, 2.05) is 51.4 Å². The number of anilines is 1. The van der Waals surface area contributed by atoms with Gasteiger partial charge in [-0.25, -0.2) is 9.38 Å². The van der Waals surface area contributed by atoms with E-state index in [0.29, 0.717) is 30.3 Å². The Kier molecular flexibility index (Phi) is 8.00. The number of hydrogen-bond donors (Lipinski definition) is 2. The average molecular weight is 400 g/mol. The molecule has 0 heterocycles. The molecule has 0 spiro atoms. The molecule has 2 aromatic rings. The van der Waals surface area contributed by atoms with Gasteiger partial charge in [-0.1, -0.05) is 18.2 Å². The quantitative estimate of drug-likeness (QED) is 0.555. The van der Waals surface area contributed by atoms with Crippen LogP contribution in [0.2, 0.25) is 0 Å². The standard InChI is InChI=1S/C22H30FN5O/c1-6-24-22(26-15-17-9-12-20(27(2)3)19(23)13-17)25-14-16-7-10-18(11-8-16)21(29)28(4)5/h7-13H,6,14-15H2,1-5H3,(H2,24,25,26). The highest BCUT2D eigenvalue weighted by Gasteiger charge is 2.08. The first-order valence-corrected chi connectivity index (χ1v) is 9.60. The maximum absolute atomic E-state index is 14.1. The molecule has 0 aliphatic carbocycles. The molecule has 6 nitrogen and oxygen atoms in total. The van der Waals surface area contributed by atoms with Gasteiger partial charge in [0.1, 0.15) is 5.82 Å². The van der Waals surface area contributed by atoms with Crippen molar-refractivity contribution < 1.29 is 9.18 Å². The van der Waals surface area contributed by atoms with Crippen LogP contribution in [0.25, 0.3) is 0 Å². The number of benzene rings is 2. The second-order valence-electron chi connectivity index (χ2n) is 7.13. The molecule has 0 unspecified atom stereocenters. The molecule has 0 aliphatic rings. The lowest BCUT2D eigenvalue weighted by Crippen LogP contribution is -2.36. The number of amides is 1. The molecule has 7 heteroatoms. The first kappa shape index (κ1) is 22.2. The summed E-state index contributed by atoms with van der Waals surface area (Å²) in [6.07, 6.45) is 0. The summed E-state index contributed by atoms with van der Waals surface area (Å²) in [6.45, 7) is 3.65. The fourth-order valence-corrected chi connectivity index (χ4v) is 2.73. The molecule has 0 fully saturated rings. The Morgan fingerprint density at radius 3 is 2.21 bits per heavy atom. The van der Waals surface area contributed by atoms with E-state index in [1.54, 1.807) is 30.0 Å². The fraction of sp³-hybridized carbons (Fsp3) is 0.364. The van der Waals surface area contributed by atoms with E-state index in [9.17, 15) is 9.18 Å².